The van der Waals surface area contributed by atoms with E-state index in [-0.39, 0.29) is 139 Å². The zero-order valence-corrected chi connectivity index (χ0v) is 79.7. The van der Waals surface area contributed by atoms with Crippen LogP contribution in [0.5, 0.6) is 0 Å². The summed E-state index contributed by atoms with van der Waals surface area (Å²) in [6, 6.07) is 1.79. The number of benzene rings is 2. The first-order valence-corrected chi connectivity index (χ1v) is 49.5. The van der Waals surface area contributed by atoms with Crippen molar-refractivity contribution in [1.82, 2.24) is 81.7 Å². The third-order valence-corrected chi connectivity index (χ3v) is 28.9. The summed E-state index contributed by atoms with van der Waals surface area (Å²) in [5.74, 6) is -15.7. The first kappa shape index (κ1) is 104. The fourth-order valence-corrected chi connectivity index (χ4v) is 21.4. The summed E-state index contributed by atoms with van der Waals surface area (Å²) in [5, 5.41) is 60.1. The smallest absolute Gasteiger partial charge is 0.326 e. The number of ketones is 4. The molecule has 38 nitrogen and oxygen atoms in total. The number of H-pyrrole nitrogens is 3. The molecule has 0 bridgehead atoms. The number of imide groups is 1. The Morgan fingerprint density at radius 3 is 1.75 bits per heavy atom. The lowest BCUT2D eigenvalue weighted by molar-refractivity contribution is -0.149. The largest absolute Gasteiger partial charge is 0.480 e. The second kappa shape index (κ2) is 47.9. The number of carboxylic acids is 1. The van der Waals surface area contributed by atoms with Crippen molar-refractivity contribution in [1.29, 1.82) is 5.41 Å². The van der Waals surface area contributed by atoms with Crippen LogP contribution in [0, 0.1) is 46.3 Å². The molecule has 5 saturated heterocycles. The summed E-state index contributed by atoms with van der Waals surface area (Å²) in [7, 11) is 0. The molecule has 0 spiro atoms. The van der Waals surface area contributed by atoms with Crippen LogP contribution in [0.4, 0.5) is 0 Å². The average Bonchev–Trinajstić information content (AvgIpc) is 1.66. The van der Waals surface area contributed by atoms with Gasteiger partial charge in [-0.2, -0.15) is 11.8 Å². The number of hydrogen-bond donors (Lipinski definition) is 15. The van der Waals surface area contributed by atoms with Crippen LogP contribution in [0.2, 0.25) is 0 Å². The Balaban J connectivity index is 0.739. The van der Waals surface area contributed by atoms with Crippen molar-refractivity contribution in [2.75, 3.05) is 63.6 Å². The van der Waals surface area contributed by atoms with E-state index in [1.807, 2.05) is 69.5 Å². The first-order chi connectivity index (χ1) is 64.3. The number of imidazole rings is 1. The number of likely N-dealkylation sites (tertiary alicyclic amines) is 5. The van der Waals surface area contributed by atoms with Crippen molar-refractivity contribution in [3.8, 4) is 0 Å². The van der Waals surface area contributed by atoms with Crippen molar-refractivity contribution in [3.63, 3.8) is 0 Å². The number of rotatable bonds is 47. The van der Waals surface area contributed by atoms with E-state index in [0.29, 0.717) is 73.9 Å². The number of guanidine groups is 1. The fourth-order valence-electron chi connectivity index (χ4n) is 19.7. The third-order valence-electron chi connectivity index (χ3n) is 27.0. The second-order valence-corrected chi connectivity index (χ2v) is 40.4. The number of fused-ring (bicyclic) bond motifs is 2. The number of aliphatic hydroxyl groups excluding tert-OH is 2. The van der Waals surface area contributed by atoms with E-state index >= 15 is 28.8 Å². The van der Waals surface area contributed by atoms with Crippen molar-refractivity contribution in [2.45, 2.75) is 261 Å². The first-order valence-electron chi connectivity index (χ1n) is 47.1. The Kier molecular flexibility index (Phi) is 36.9. The van der Waals surface area contributed by atoms with Crippen molar-refractivity contribution < 1.29 is 96.8 Å². The topological polar surface area (TPSA) is 561 Å². The molecule has 734 valence electrons. The Hall–Kier alpha value is -11.4. The molecule has 1 aliphatic carbocycles. The predicted octanol–water partition coefficient (Wildman–Crippen LogP) is 3.43. The van der Waals surface area contributed by atoms with E-state index in [9.17, 15) is 68.1 Å². The van der Waals surface area contributed by atoms with Crippen LogP contribution in [-0.2, 0) is 101 Å². The molecule has 6 aliphatic rings. The summed E-state index contributed by atoms with van der Waals surface area (Å²) < 4.78 is 0. The number of aliphatic carboxylic acids is 1. The Labute approximate surface area is 793 Å². The number of aliphatic hydroxyl groups is 2. The highest BCUT2D eigenvalue weighted by Crippen LogP contribution is 2.38. The number of aromatic amines is 3. The van der Waals surface area contributed by atoms with E-state index in [4.69, 9.17) is 11.1 Å². The molecule has 1 saturated carbocycles. The zero-order valence-electron chi connectivity index (χ0n) is 78.1. The van der Waals surface area contributed by atoms with Gasteiger partial charge in [0.1, 0.15) is 54.1 Å². The number of Topliss-reactive ketones (excluding diaryl/α,β-unsaturated/α-hetero) is 4. The third kappa shape index (κ3) is 26.9. The van der Waals surface area contributed by atoms with Gasteiger partial charge in [-0.1, -0.05) is 71.0 Å². The normalized spacial score (nSPS) is 21.4. The van der Waals surface area contributed by atoms with Crippen LogP contribution in [-0.4, -0.2) is 301 Å². The van der Waals surface area contributed by atoms with Gasteiger partial charge in [0.2, 0.25) is 70.9 Å². The minimum atomic E-state index is -1.69. The summed E-state index contributed by atoms with van der Waals surface area (Å²) in [5.41, 5.74) is 8.33. The molecule has 11 rings (SSSR count). The van der Waals surface area contributed by atoms with E-state index in [2.05, 4.69) is 57.2 Å². The highest BCUT2D eigenvalue weighted by molar-refractivity contribution is 8.00. The van der Waals surface area contributed by atoms with Crippen LogP contribution >= 0.6 is 23.5 Å². The number of carboxylic acid groups (broad SMARTS) is 1. The quantitative estimate of drug-likeness (QED) is 0.0115. The molecule has 0 radical (unpaired) electrons. The monoisotopic (exact) mass is 1910 g/mol. The minimum absolute atomic E-state index is 0.00198. The van der Waals surface area contributed by atoms with Crippen LogP contribution in [0.15, 0.2) is 73.4 Å². The van der Waals surface area contributed by atoms with Gasteiger partial charge in [-0.05, 0) is 150 Å². The average molecular weight is 1910 g/mol. The van der Waals surface area contributed by atoms with Gasteiger partial charge in [0.15, 0.2) is 23.3 Å². The molecule has 40 heteroatoms. The van der Waals surface area contributed by atoms with Gasteiger partial charge < -0.3 is 92.8 Å². The Morgan fingerprint density at radius 2 is 1.16 bits per heavy atom. The number of carbonyl (C=O) groups is 17. The maximum absolute atomic E-state index is 15.3. The maximum Gasteiger partial charge on any atom is 0.326 e. The SMILES string of the molecule is CSCC[C@H](CC(=O)[C@@H]1CCCN1C(=O)[C@@H]1CCCN1C(=O)[C@H](CCCNC(=N)N)NC(=O)[C@@H](CC(=O)C(NC(=O)[C@H](CSC1CC(=O)N(CC2CCC(C(=O)C(C)(C)C)CC2)C1=O)NC(C)=O)[C@@H](C)O)Cc1cnc[nH]1)C(=O)N[C@@H](Cc1c[nH]c2ccccc12)C(=O)C[C@@H](CO)C(=O)N1CCC[C@H]1C(=O)N[C@H](C(=O)N[C@@H](Cc1c[nH]c2ccccc12)C(=O)N1CCC[C@H]1C(=O)O)C(C)C. The number of thioether (sulfide) groups is 2. The molecule has 15 atom stereocenters. The molecule has 3 aromatic heterocycles. The number of nitrogens with two attached hydrogens (primary N) is 1. The van der Waals surface area contributed by atoms with E-state index in [1.165, 1.54) is 55.7 Å². The number of amides is 12. The number of aromatic nitrogens is 4. The molecule has 2 aromatic carbocycles. The highest BCUT2D eigenvalue weighted by atomic mass is 32.2. The number of hydrogen-bond acceptors (Lipinski definition) is 23. The summed E-state index contributed by atoms with van der Waals surface area (Å²) in [4.78, 5) is 264. The van der Waals surface area contributed by atoms with E-state index in [0.717, 1.165) is 40.5 Å². The number of nitrogens with one attached hydrogen (secondary N) is 11. The van der Waals surface area contributed by atoms with Crippen LogP contribution in [0.1, 0.15) is 187 Å². The molecule has 2 unspecified atom stereocenters. The van der Waals surface area contributed by atoms with Crippen molar-refractivity contribution in [3.05, 3.63) is 90.3 Å². The molecule has 8 heterocycles. The molecular formula is C95H132N18O20S2. The zero-order chi connectivity index (χ0) is 97.8. The van der Waals surface area contributed by atoms with Crippen LogP contribution < -0.4 is 43.0 Å². The van der Waals surface area contributed by atoms with Crippen LogP contribution in [0.25, 0.3) is 21.8 Å². The molecule has 16 N–H and O–H groups in total. The van der Waals surface area contributed by atoms with Gasteiger partial charge in [0.25, 0.3) is 0 Å². The molecule has 135 heavy (non-hydrogen) atoms. The lowest BCUT2D eigenvalue weighted by Crippen LogP contribution is -2.59. The molecule has 12 amide bonds. The molecule has 6 fully saturated rings. The predicted molar refractivity (Wildman–Crippen MR) is 503 cm³/mol. The number of nitrogens with zero attached hydrogens (tertiary/aromatic N) is 6. The van der Waals surface area contributed by atoms with Gasteiger partial charge in [-0.15, -0.1) is 11.8 Å². The lowest BCUT2D eigenvalue weighted by atomic mass is 9.73. The fraction of sp³-hybridized carbons (Fsp3) is 0.611. The van der Waals surface area contributed by atoms with Gasteiger partial charge in [-0.3, -0.25) is 87.0 Å². The molecule has 5 aliphatic heterocycles. The Bertz CT molecular complexity index is 5140. The number of carbonyl (C=O) groups excluding carboxylic acids is 16. The van der Waals surface area contributed by atoms with E-state index in [1.54, 1.807) is 32.3 Å². The summed E-state index contributed by atoms with van der Waals surface area (Å²) in [6.07, 6.45) is 9.25. The summed E-state index contributed by atoms with van der Waals surface area (Å²) >= 11 is 2.38. The summed E-state index contributed by atoms with van der Waals surface area (Å²) in [6.45, 7) is 11.2. The molecular weight excluding hydrogens is 1780 g/mol. The van der Waals surface area contributed by atoms with E-state index < -0.39 is 221 Å². The van der Waals surface area contributed by atoms with Gasteiger partial charge in [0.05, 0.1) is 48.2 Å². The van der Waals surface area contributed by atoms with Gasteiger partial charge in [-0.25, -0.2) is 9.78 Å². The standard InChI is InChI=1S/C95H132N18O20S2/c1-52(2)80(87(126)106-69(90(129)112-36-17-26-74(112)93(132)133)40-60-46-101-66-21-12-10-19-64(60)66)107-86(125)72-24-15-34-110(72)88(127)61(49-114)43-75(117)68(39-59-45-100-65-20-11-9-18-63(59)65)105-83(122)57(31-37-134-8)41-76(118)71-23-14-33-109(71)91(130)73-25-16-35-111(73)89(128)67(22-13-32-99-94(96)97)104-84(123)58(38-62-47-98-51-102-62)42-77(119)81(53(3)115)108-85(124)70(103-54(4)116)50-135-78-44-79(120)113(92(78)131)48-55-27-29-56(30-28-55)82(121)95(5,6)7/h9-12,18-21,45-47,51-53,55-58,61,67-74,78,80-81,100-101,114-115H,13-17,22-44,48-50H2,1-8H3,(H,98,102)(H,103,116)(H,104,123)(H,105,122)(H,106,126)(H,107,125)(H,108,124)(H,132,133)(H4,96,97,99)/t53-,55?,56?,57-,58-,61+,67+,68+,69+,70+,71+,72+,73+,74+,78?,80+,81?/m1/s1. The van der Waals surface area contributed by atoms with Crippen molar-refractivity contribution >= 4 is 151 Å². The van der Waals surface area contributed by atoms with Gasteiger partial charge >= 0.3 is 5.97 Å². The van der Waals surface area contributed by atoms with Crippen LogP contribution in [0.3, 0.4) is 0 Å². The second-order valence-electron chi connectivity index (χ2n) is 38.1. The number of para-hydroxylation sites is 2. The highest BCUT2D eigenvalue weighted by Gasteiger charge is 2.49. The minimum Gasteiger partial charge on any atom is -0.480 e. The Morgan fingerprint density at radius 1 is 0.600 bits per heavy atom. The van der Waals surface area contributed by atoms with Crippen molar-refractivity contribution in [2.24, 2.45) is 46.7 Å². The van der Waals surface area contributed by atoms with Gasteiger partial charge in [0, 0.05) is 160 Å². The molecule has 5 aromatic rings. The lowest BCUT2D eigenvalue weighted by Gasteiger charge is -2.33. The maximum atomic E-state index is 15.3.